The van der Waals surface area contributed by atoms with Gasteiger partial charge in [0.1, 0.15) is 0 Å². The molecule has 0 saturated carbocycles. The summed E-state index contributed by atoms with van der Waals surface area (Å²) < 4.78 is 1.83. The molecular formula is C14H17N5. The third-order valence-electron chi connectivity index (χ3n) is 3.06. The van der Waals surface area contributed by atoms with Crippen molar-refractivity contribution in [1.29, 1.82) is 0 Å². The molecule has 1 aromatic heterocycles. The zero-order valence-corrected chi connectivity index (χ0v) is 11.4. The molecular weight excluding hydrogens is 238 g/mol. The maximum Gasteiger partial charge on any atom is 0.0822 e. The van der Waals surface area contributed by atoms with Crippen LogP contribution in [0.2, 0.25) is 0 Å². The van der Waals surface area contributed by atoms with E-state index in [1.54, 1.807) is 6.20 Å². The molecule has 0 bridgehead atoms. The number of rotatable bonds is 4. The monoisotopic (exact) mass is 255 g/mol. The number of hydrogen-bond donors (Lipinski definition) is 0. The van der Waals surface area contributed by atoms with E-state index in [1.165, 1.54) is 5.56 Å². The maximum absolute atomic E-state index is 8.71. The van der Waals surface area contributed by atoms with Gasteiger partial charge in [0.25, 0.3) is 0 Å². The normalized spacial score (nSPS) is 12.2. The summed E-state index contributed by atoms with van der Waals surface area (Å²) in [4.78, 5) is 2.95. The number of hydrogen-bond acceptors (Lipinski definition) is 2. The largest absolute Gasteiger partial charge is 0.237 e. The van der Waals surface area contributed by atoms with Gasteiger partial charge in [0.05, 0.1) is 17.4 Å². The van der Waals surface area contributed by atoms with Crippen LogP contribution in [0.15, 0.2) is 41.6 Å². The first-order chi connectivity index (χ1) is 9.13. The van der Waals surface area contributed by atoms with Crippen LogP contribution in [0.3, 0.4) is 0 Å². The second-order valence-corrected chi connectivity index (χ2v) is 4.90. The number of benzene rings is 1. The Morgan fingerprint density at radius 3 is 2.47 bits per heavy atom. The van der Waals surface area contributed by atoms with E-state index in [9.17, 15) is 0 Å². The Bertz CT molecular complexity index is 591. The molecule has 2 rings (SSSR count). The first-order valence-electron chi connectivity index (χ1n) is 6.28. The van der Waals surface area contributed by atoms with Crippen molar-refractivity contribution in [3.8, 4) is 5.69 Å². The predicted octanol–water partition coefficient (Wildman–Crippen LogP) is 4.19. The molecule has 5 heteroatoms. The van der Waals surface area contributed by atoms with Crippen LogP contribution in [0.25, 0.3) is 16.1 Å². The highest BCUT2D eigenvalue weighted by Gasteiger charge is 2.19. The van der Waals surface area contributed by atoms with E-state index < -0.39 is 0 Å². The van der Waals surface area contributed by atoms with Gasteiger partial charge in [-0.2, -0.15) is 5.10 Å². The van der Waals surface area contributed by atoms with Crippen LogP contribution in [0, 0.1) is 12.8 Å². The molecule has 98 valence electrons. The minimum Gasteiger partial charge on any atom is -0.237 e. The molecule has 0 radical (unpaired) electrons. The number of aryl methyl sites for hydroxylation is 1. The highest BCUT2D eigenvalue weighted by molar-refractivity contribution is 5.35. The van der Waals surface area contributed by atoms with E-state index in [4.69, 9.17) is 5.53 Å². The Morgan fingerprint density at radius 1 is 1.21 bits per heavy atom. The molecule has 0 aliphatic heterocycles. The lowest BCUT2D eigenvalue weighted by Gasteiger charge is -2.17. The van der Waals surface area contributed by atoms with Crippen LogP contribution in [-0.4, -0.2) is 9.78 Å². The smallest absolute Gasteiger partial charge is 0.0822 e. The quantitative estimate of drug-likeness (QED) is 0.459. The highest BCUT2D eigenvalue weighted by Crippen LogP contribution is 2.27. The first-order valence-corrected chi connectivity index (χ1v) is 6.28. The molecule has 5 nitrogen and oxygen atoms in total. The summed E-state index contributed by atoms with van der Waals surface area (Å²) in [7, 11) is 0. The van der Waals surface area contributed by atoms with E-state index in [2.05, 4.69) is 15.1 Å². The van der Waals surface area contributed by atoms with Crippen molar-refractivity contribution in [2.45, 2.75) is 26.8 Å². The fraction of sp³-hybridized carbons (Fsp3) is 0.357. The summed E-state index contributed by atoms with van der Waals surface area (Å²) in [6.45, 7) is 6.11. The summed E-state index contributed by atoms with van der Waals surface area (Å²) in [5.41, 5.74) is 11.8. The topological polar surface area (TPSA) is 66.6 Å². The summed E-state index contributed by atoms with van der Waals surface area (Å²) in [6, 6.07) is 9.80. The molecule has 1 atom stereocenters. The Balaban J connectivity index is 2.46. The zero-order valence-electron chi connectivity index (χ0n) is 11.4. The molecule has 0 saturated heterocycles. The summed E-state index contributed by atoms with van der Waals surface area (Å²) in [6.07, 6.45) is 1.73. The molecule has 0 aliphatic carbocycles. The van der Waals surface area contributed by atoms with Gasteiger partial charge >= 0.3 is 0 Å². The fourth-order valence-electron chi connectivity index (χ4n) is 2.03. The lowest BCUT2D eigenvalue weighted by atomic mass is 10.0. The first kappa shape index (κ1) is 13.2. The molecule has 0 fully saturated rings. The number of aromatic nitrogens is 2. The Kier molecular flexibility index (Phi) is 3.88. The van der Waals surface area contributed by atoms with Gasteiger partial charge in [0, 0.05) is 11.1 Å². The second-order valence-electron chi connectivity index (χ2n) is 4.90. The van der Waals surface area contributed by atoms with E-state index in [-0.39, 0.29) is 12.0 Å². The van der Waals surface area contributed by atoms with Crippen molar-refractivity contribution in [3.63, 3.8) is 0 Å². The van der Waals surface area contributed by atoms with Gasteiger partial charge in [-0.1, -0.05) is 36.7 Å². The minimum absolute atomic E-state index is 0.214. The van der Waals surface area contributed by atoms with Crippen LogP contribution < -0.4 is 0 Å². The van der Waals surface area contributed by atoms with Gasteiger partial charge < -0.3 is 0 Å². The molecule has 19 heavy (non-hydrogen) atoms. The summed E-state index contributed by atoms with van der Waals surface area (Å²) in [5.74, 6) is 0.219. The number of nitrogens with zero attached hydrogens (tertiary/aromatic N) is 5. The lowest BCUT2D eigenvalue weighted by Crippen LogP contribution is -2.10. The molecule has 0 spiro atoms. The van der Waals surface area contributed by atoms with Crippen molar-refractivity contribution in [1.82, 2.24) is 9.78 Å². The minimum atomic E-state index is -0.214. The maximum atomic E-state index is 8.71. The van der Waals surface area contributed by atoms with Crippen LogP contribution in [0.1, 0.15) is 31.1 Å². The van der Waals surface area contributed by atoms with E-state index in [0.717, 1.165) is 11.4 Å². The van der Waals surface area contributed by atoms with E-state index in [1.807, 2.05) is 55.8 Å². The van der Waals surface area contributed by atoms with Crippen molar-refractivity contribution < 1.29 is 0 Å². The highest BCUT2D eigenvalue weighted by atomic mass is 15.3. The summed E-state index contributed by atoms with van der Waals surface area (Å²) >= 11 is 0. The second kappa shape index (κ2) is 5.59. The van der Waals surface area contributed by atoms with Crippen LogP contribution in [0.4, 0.5) is 0 Å². The molecule has 0 amide bonds. The molecule has 2 aromatic rings. The molecule has 0 aliphatic rings. The van der Waals surface area contributed by atoms with E-state index >= 15 is 0 Å². The molecule has 1 unspecified atom stereocenters. The van der Waals surface area contributed by atoms with Gasteiger partial charge in [-0.15, -0.1) is 0 Å². The average molecular weight is 255 g/mol. The average Bonchev–Trinajstić information content (AvgIpc) is 2.85. The molecule has 1 aromatic carbocycles. The van der Waals surface area contributed by atoms with Gasteiger partial charge in [-0.05, 0) is 36.6 Å². The van der Waals surface area contributed by atoms with Crippen LogP contribution in [-0.2, 0) is 0 Å². The third-order valence-corrected chi connectivity index (χ3v) is 3.06. The van der Waals surface area contributed by atoms with Crippen molar-refractivity contribution in [3.05, 3.63) is 58.2 Å². The van der Waals surface area contributed by atoms with Crippen molar-refractivity contribution in [2.24, 2.45) is 11.0 Å². The third kappa shape index (κ3) is 2.77. The Hall–Kier alpha value is -2.26. The zero-order chi connectivity index (χ0) is 13.8. The van der Waals surface area contributed by atoms with Crippen LogP contribution >= 0.6 is 0 Å². The van der Waals surface area contributed by atoms with Gasteiger partial charge in [-0.25, -0.2) is 4.68 Å². The summed E-state index contributed by atoms with van der Waals surface area (Å²) in [5, 5.41) is 8.22. The molecule has 1 heterocycles. The Labute approximate surface area is 112 Å². The van der Waals surface area contributed by atoms with Crippen molar-refractivity contribution in [2.75, 3.05) is 0 Å². The van der Waals surface area contributed by atoms with Crippen LogP contribution in [0.5, 0.6) is 0 Å². The van der Waals surface area contributed by atoms with Crippen molar-refractivity contribution >= 4 is 0 Å². The SMILES string of the molecule is Cc1ccc(-n2nccc2C(N=[N+]=[N-])C(C)C)cc1. The lowest BCUT2D eigenvalue weighted by molar-refractivity contribution is 0.489. The van der Waals surface area contributed by atoms with Gasteiger partial charge in [-0.3, -0.25) is 0 Å². The standard InChI is InChI=1S/C14H17N5/c1-10(2)14(17-18-15)13-8-9-16-19(13)12-6-4-11(3)5-7-12/h4-10,14H,1-3H3. The fourth-order valence-corrected chi connectivity index (χ4v) is 2.03. The van der Waals surface area contributed by atoms with E-state index in [0.29, 0.717) is 0 Å². The number of azide groups is 1. The van der Waals surface area contributed by atoms with Gasteiger partial charge in [0.2, 0.25) is 0 Å². The predicted molar refractivity (Wildman–Crippen MR) is 75.0 cm³/mol. The van der Waals surface area contributed by atoms with Gasteiger partial charge in [0.15, 0.2) is 0 Å². The Morgan fingerprint density at radius 2 is 1.89 bits per heavy atom. The molecule has 0 N–H and O–H groups in total.